The summed E-state index contributed by atoms with van der Waals surface area (Å²) in [5.41, 5.74) is 0.0518. The highest BCUT2D eigenvalue weighted by molar-refractivity contribution is 7.17. The number of fused-ring (bicyclic) bond motifs is 1. The van der Waals surface area contributed by atoms with Crippen LogP contribution in [0.5, 0.6) is 0 Å². The van der Waals surface area contributed by atoms with Crippen LogP contribution in [0.3, 0.4) is 0 Å². The molecule has 0 saturated carbocycles. The lowest BCUT2D eigenvalue weighted by atomic mass is 10.3. The molecule has 2 aromatic heterocycles. The van der Waals surface area contributed by atoms with Crippen molar-refractivity contribution in [3.05, 3.63) is 34.1 Å². The molecule has 0 aromatic carbocycles. The van der Waals surface area contributed by atoms with E-state index in [0.717, 1.165) is 10.1 Å². The Balaban J connectivity index is 2.97. The number of pyridine rings is 1. The van der Waals surface area contributed by atoms with E-state index in [2.05, 4.69) is 0 Å². The van der Waals surface area contributed by atoms with E-state index < -0.39 is 0 Å². The van der Waals surface area contributed by atoms with Crippen LogP contribution in [0.4, 0.5) is 0 Å². The highest BCUT2D eigenvalue weighted by atomic mass is 32.1. The molecule has 0 fully saturated rings. The lowest BCUT2D eigenvalue weighted by Gasteiger charge is -1.94. The van der Waals surface area contributed by atoms with E-state index in [1.165, 1.54) is 0 Å². The average Bonchev–Trinajstić information content (AvgIpc) is 2.36. The SMILES string of the molecule is Cn1cc2sccc2cc1=O. The molecule has 0 N–H and O–H groups in total. The number of rotatable bonds is 0. The van der Waals surface area contributed by atoms with Gasteiger partial charge in [0.25, 0.3) is 5.56 Å². The van der Waals surface area contributed by atoms with Gasteiger partial charge in [-0.25, -0.2) is 0 Å². The fraction of sp³-hybridized carbons (Fsp3) is 0.125. The summed E-state index contributed by atoms with van der Waals surface area (Å²) in [5, 5.41) is 3.03. The number of hydrogen-bond acceptors (Lipinski definition) is 2. The summed E-state index contributed by atoms with van der Waals surface area (Å²) in [6.45, 7) is 0. The molecule has 0 aliphatic heterocycles. The minimum atomic E-state index is 0.0518. The summed E-state index contributed by atoms with van der Waals surface area (Å²) in [4.78, 5) is 11.1. The summed E-state index contributed by atoms with van der Waals surface area (Å²) in [7, 11) is 1.77. The van der Waals surface area contributed by atoms with Crippen LogP contribution >= 0.6 is 11.3 Å². The number of aryl methyl sites for hydroxylation is 1. The van der Waals surface area contributed by atoms with Gasteiger partial charge in [0.05, 0.1) is 4.70 Å². The highest BCUT2D eigenvalue weighted by Crippen LogP contribution is 2.17. The van der Waals surface area contributed by atoms with Crippen LogP contribution in [0.15, 0.2) is 28.5 Å². The highest BCUT2D eigenvalue weighted by Gasteiger charge is 1.96. The molecule has 2 heterocycles. The zero-order valence-corrected chi connectivity index (χ0v) is 6.89. The molecule has 3 heteroatoms. The Kier molecular flexibility index (Phi) is 1.32. The normalized spacial score (nSPS) is 10.6. The molecule has 0 aliphatic carbocycles. The van der Waals surface area contributed by atoms with Gasteiger partial charge in [-0.05, 0) is 16.8 Å². The van der Waals surface area contributed by atoms with E-state index in [0.29, 0.717) is 0 Å². The first kappa shape index (κ1) is 6.61. The summed E-state index contributed by atoms with van der Waals surface area (Å²) in [6.07, 6.45) is 1.86. The van der Waals surface area contributed by atoms with Crippen LogP contribution in [-0.4, -0.2) is 4.57 Å². The smallest absolute Gasteiger partial charge is 0.250 e. The van der Waals surface area contributed by atoms with Gasteiger partial charge in [0.1, 0.15) is 0 Å². The van der Waals surface area contributed by atoms with E-state index in [9.17, 15) is 4.79 Å². The third-order valence-corrected chi connectivity index (χ3v) is 2.53. The van der Waals surface area contributed by atoms with E-state index >= 15 is 0 Å². The van der Waals surface area contributed by atoms with Crippen molar-refractivity contribution in [3.63, 3.8) is 0 Å². The van der Waals surface area contributed by atoms with E-state index in [4.69, 9.17) is 0 Å². The van der Waals surface area contributed by atoms with Crippen molar-refractivity contribution in [2.45, 2.75) is 0 Å². The van der Waals surface area contributed by atoms with Crippen molar-refractivity contribution in [1.29, 1.82) is 0 Å². The Morgan fingerprint density at radius 3 is 3.18 bits per heavy atom. The van der Waals surface area contributed by atoms with Crippen LogP contribution < -0.4 is 5.56 Å². The zero-order chi connectivity index (χ0) is 7.84. The maximum atomic E-state index is 11.1. The monoisotopic (exact) mass is 165 g/mol. The molecule has 0 saturated heterocycles. The molecule has 2 aromatic rings. The second kappa shape index (κ2) is 2.20. The van der Waals surface area contributed by atoms with Gasteiger partial charge in [-0.15, -0.1) is 11.3 Å². The van der Waals surface area contributed by atoms with Crippen molar-refractivity contribution in [1.82, 2.24) is 4.57 Å². The summed E-state index contributed by atoms with van der Waals surface area (Å²) in [5.74, 6) is 0. The van der Waals surface area contributed by atoms with Crippen molar-refractivity contribution >= 4 is 21.4 Å². The zero-order valence-electron chi connectivity index (χ0n) is 6.07. The fourth-order valence-corrected chi connectivity index (χ4v) is 1.87. The van der Waals surface area contributed by atoms with Crippen molar-refractivity contribution < 1.29 is 0 Å². The fourth-order valence-electron chi connectivity index (χ4n) is 1.03. The van der Waals surface area contributed by atoms with Crippen LogP contribution in [0.25, 0.3) is 10.1 Å². The van der Waals surface area contributed by atoms with Crippen LogP contribution in [0, 0.1) is 0 Å². The number of nitrogens with zero attached hydrogens (tertiary/aromatic N) is 1. The molecule has 0 aliphatic rings. The largest absolute Gasteiger partial charge is 0.317 e. The Morgan fingerprint density at radius 1 is 1.55 bits per heavy atom. The Bertz CT molecular complexity index is 441. The van der Waals surface area contributed by atoms with Gasteiger partial charge in [-0.3, -0.25) is 4.79 Å². The first-order chi connectivity index (χ1) is 5.27. The maximum absolute atomic E-state index is 11.1. The molecule has 0 spiro atoms. The second-order valence-electron chi connectivity index (χ2n) is 2.46. The van der Waals surface area contributed by atoms with Crippen molar-refractivity contribution in [2.24, 2.45) is 7.05 Å². The molecule has 0 amide bonds. The van der Waals surface area contributed by atoms with Gasteiger partial charge in [0, 0.05) is 19.3 Å². The first-order valence-corrected chi connectivity index (χ1v) is 4.19. The molecular formula is C8H7NOS. The van der Waals surface area contributed by atoms with Gasteiger partial charge in [-0.1, -0.05) is 0 Å². The van der Waals surface area contributed by atoms with Gasteiger partial charge < -0.3 is 4.57 Å². The van der Waals surface area contributed by atoms with E-state index in [1.54, 1.807) is 29.0 Å². The van der Waals surface area contributed by atoms with Crippen LogP contribution in [0.1, 0.15) is 0 Å². The molecule has 0 unspecified atom stereocenters. The van der Waals surface area contributed by atoms with Crippen molar-refractivity contribution in [3.8, 4) is 0 Å². The quantitative estimate of drug-likeness (QED) is 0.581. The number of thiophene rings is 1. The average molecular weight is 165 g/mol. The molecule has 2 rings (SSSR count). The topological polar surface area (TPSA) is 22.0 Å². The summed E-state index contributed by atoms with van der Waals surface area (Å²) < 4.78 is 2.76. The molecule has 0 radical (unpaired) electrons. The summed E-state index contributed by atoms with van der Waals surface area (Å²) in [6, 6.07) is 3.62. The second-order valence-corrected chi connectivity index (χ2v) is 3.41. The molecule has 0 atom stereocenters. The maximum Gasteiger partial charge on any atom is 0.250 e. The number of aromatic nitrogens is 1. The third-order valence-electron chi connectivity index (χ3n) is 1.66. The van der Waals surface area contributed by atoms with Gasteiger partial charge in [0.15, 0.2) is 0 Å². The predicted molar refractivity (Wildman–Crippen MR) is 47.1 cm³/mol. The lowest BCUT2D eigenvalue weighted by molar-refractivity contribution is 0.872. The Morgan fingerprint density at radius 2 is 2.36 bits per heavy atom. The molecule has 11 heavy (non-hydrogen) atoms. The van der Waals surface area contributed by atoms with E-state index in [1.807, 2.05) is 17.6 Å². The first-order valence-electron chi connectivity index (χ1n) is 3.31. The lowest BCUT2D eigenvalue weighted by Crippen LogP contribution is -2.13. The van der Waals surface area contributed by atoms with Gasteiger partial charge in [0.2, 0.25) is 0 Å². The Hall–Kier alpha value is -1.09. The van der Waals surface area contributed by atoms with Crippen LogP contribution in [0.2, 0.25) is 0 Å². The number of hydrogen-bond donors (Lipinski definition) is 0. The summed E-state index contributed by atoms with van der Waals surface area (Å²) >= 11 is 1.65. The van der Waals surface area contributed by atoms with Gasteiger partial charge >= 0.3 is 0 Å². The molecule has 56 valence electrons. The molecule has 2 nitrogen and oxygen atoms in total. The minimum Gasteiger partial charge on any atom is -0.317 e. The van der Waals surface area contributed by atoms with E-state index in [-0.39, 0.29) is 5.56 Å². The van der Waals surface area contributed by atoms with Crippen LogP contribution in [-0.2, 0) is 7.05 Å². The van der Waals surface area contributed by atoms with Crippen molar-refractivity contribution in [2.75, 3.05) is 0 Å². The molecular weight excluding hydrogens is 158 g/mol. The third kappa shape index (κ3) is 0.973. The Labute approximate surface area is 67.7 Å². The standard InChI is InChI=1S/C8H7NOS/c1-9-5-7-6(2-3-11-7)4-8(9)10/h2-5H,1H3. The van der Waals surface area contributed by atoms with Gasteiger partial charge in [-0.2, -0.15) is 0 Å². The predicted octanol–water partition coefficient (Wildman–Crippen LogP) is 1.60. The minimum absolute atomic E-state index is 0.0518. The molecule has 0 bridgehead atoms.